The normalized spacial score (nSPS) is 30.3. The van der Waals surface area contributed by atoms with Crippen LogP contribution < -0.4 is 0 Å². The van der Waals surface area contributed by atoms with Gasteiger partial charge in [0, 0.05) is 12.8 Å². The third-order valence-corrected chi connectivity index (χ3v) is 6.04. The van der Waals surface area contributed by atoms with E-state index in [0.29, 0.717) is 25.1 Å². The molecule has 1 saturated heterocycles. The number of fused-ring (bicyclic) bond motifs is 1. The lowest BCUT2D eigenvalue weighted by atomic mass is 10.1. The predicted molar refractivity (Wildman–Crippen MR) is 64.7 cm³/mol. The van der Waals surface area contributed by atoms with Gasteiger partial charge < -0.3 is 5.11 Å². The van der Waals surface area contributed by atoms with Crippen molar-refractivity contribution in [1.29, 1.82) is 0 Å². The third kappa shape index (κ3) is 2.05. The maximum absolute atomic E-state index is 11.8. The van der Waals surface area contributed by atoms with Crippen molar-refractivity contribution in [1.82, 2.24) is 14.8 Å². The minimum atomic E-state index is -2.95. The third-order valence-electron chi connectivity index (χ3n) is 3.76. The summed E-state index contributed by atoms with van der Waals surface area (Å²) in [6.07, 6.45) is 3.63. The van der Waals surface area contributed by atoms with Gasteiger partial charge in [-0.1, -0.05) is 0 Å². The molecule has 1 aromatic heterocycles. The Labute approximate surface area is 106 Å². The minimum Gasteiger partial charge on any atom is -0.372 e. The van der Waals surface area contributed by atoms with Gasteiger partial charge in [-0.3, -0.25) is 0 Å². The molecule has 1 N–H and O–H groups in total. The van der Waals surface area contributed by atoms with E-state index in [0.717, 1.165) is 25.1 Å². The van der Waals surface area contributed by atoms with Crippen molar-refractivity contribution >= 4 is 9.84 Å². The number of nitrogens with zero attached hydrogens (tertiary/aromatic N) is 3. The Balaban J connectivity index is 1.82. The first kappa shape index (κ1) is 12.1. The van der Waals surface area contributed by atoms with Gasteiger partial charge in [-0.05, 0) is 25.7 Å². The largest absolute Gasteiger partial charge is 0.372 e. The number of aliphatic hydroxyl groups is 1. The number of rotatable bonds is 2. The molecule has 3 heterocycles. The fourth-order valence-electron chi connectivity index (χ4n) is 2.76. The molecular formula is C11H17N3O3S. The van der Waals surface area contributed by atoms with E-state index in [9.17, 15) is 13.5 Å². The average molecular weight is 271 g/mol. The second-order valence-corrected chi connectivity index (χ2v) is 7.50. The summed E-state index contributed by atoms with van der Waals surface area (Å²) in [6, 6.07) is 0. The number of hydrogen-bond acceptors (Lipinski definition) is 5. The smallest absolute Gasteiger partial charge is 0.153 e. The maximum Gasteiger partial charge on any atom is 0.153 e. The number of aryl methyl sites for hydroxylation is 1. The molecule has 7 heteroatoms. The molecular weight excluding hydrogens is 254 g/mol. The van der Waals surface area contributed by atoms with Crippen LogP contribution in [0, 0.1) is 0 Å². The Kier molecular flexibility index (Phi) is 2.90. The first-order valence-electron chi connectivity index (χ1n) is 6.40. The fraction of sp³-hybridized carbons (Fsp3) is 0.818. The molecule has 2 atom stereocenters. The lowest BCUT2D eigenvalue weighted by Gasteiger charge is -2.17. The standard InChI is InChI=1S/C11H17N3O3S/c15-11-5-1-4-10-12-9(13-14(10)11)7-8-3-2-6-18(8,16)17/h8,11,15H,1-7H2. The number of aliphatic hydroxyl groups excluding tert-OH is 1. The lowest BCUT2D eigenvalue weighted by Crippen LogP contribution is -2.20. The highest BCUT2D eigenvalue weighted by molar-refractivity contribution is 7.92. The molecule has 2 unspecified atom stereocenters. The molecule has 100 valence electrons. The average Bonchev–Trinajstić information content (AvgIpc) is 2.84. The molecule has 0 aliphatic carbocycles. The van der Waals surface area contributed by atoms with Crippen LogP contribution in [0.4, 0.5) is 0 Å². The summed E-state index contributed by atoms with van der Waals surface area (Å²) in [5.74, 6) is 1.62. The Hall–Kier alpha value is -0.950. The summed E-state index contributed by atoms with van der Waals surface area (Å²) in [5.41, 5.74) is 0. The van der Waals surface area contributed by atoms with Crippen molar-refractivity contribution in [3.8, 4) is 0 Å². The van der Waals surface area contributed by atoms with Gasteiger partial charge in [0.05, 0.1) is 11.0 Å². The second-order valence-electron chi connectivity index (χ2n) is 5.10. The lowest BCUT2D eigenvalue weighted by molar-refractivity contribution is 0.0643. The van der Waals surface area contributed by atoms with Crippen molar-refractivity contribution < 1.29 is 13.5 Å². The molecule has 1 aromatic rings. The van der Waals surface area contributed by atoms with Gasteiger partial charge in [0.2, 0.25) is 0 Å². The molecule has 3 rings (SSSR count). The van der Waals surface area contributed by atoms with E-state index in [1.54, 1.807) is 4.68 Å². The molecule has 2 aliphatic heterocycles. The first-order chi connectivity index (χ1) is 8.56. The topological polar surface area (TPSA) is 85.1 Å². The van der Waals surface area contributed by atoms with Crippen LogP contribution in [0.15, 0.2) is 0 Å². The van der Waals surface area contributed by atoms with Crippen molar-refractivity contribution in [3.63, 3.8) is 0 Å². The van der Waals surface area contributed by atoms with Crippen LogP contribution in [0.5, 0.6) is 0 Å². The molecule has 0 aromatic carbocycles. The SMILES string of the molecule is O=S1(=O)CCCC1Cc1nc2n(n1)C(O)CCC2. The molecule has 1 fully saturated rings. The van der Waals surface area contributed by atoms with Crippen LogP contribution in [-0.4, -0.2) is 39.3 Å². The van der Waals surface area contributed by atoms with Gasteiger partial charge in [-0.25, -0.2) is 18.1 Å². The monoisotopic (exact) mass is 271 g/mol. The van der Waals surface area contributed by atoms with Crippen molar-refractivity contribution in [2.24, 2.45) is 0 Å². The van der Waals surface area contributed by atoms with Gasteiger partial charge in [-0.15, -0.1) is 0 Å². The summed E-state index contributed by atoms with van der Waals surface area (Å²) in [4.78, 5) is 4.36. The zero-order valence-corrected chi connectivity index (χ0v) is 10.9. The Morgan fingerprint density at radius 3 is 2.83 bits per heavy atom. The highest BCUT2D eigenvalue weighted by atomic mass is 32.2. The zero-order valence-electron chi connectivity index (χ0n) is 10.1. The molecule has 2 aliphatic rings. The maximum atomic E-state index is 11.8. The number of aromatic nitrogens is 3. The molecule has 0 amide bonds. The summed E-state index contributed by atoms with van der Waals surface area (Å²) in [6.45, 7) is 0. The fourth-order valence-corrected chi connectivity index (χ4v) is 4.59. The summed E-state index contributed by atoms with van der Waals surface area (Å²) < 4.78 is 25.1. The minimum absolute atomic E-state index is 0.286. The van der Waals surface area contributed by atoms with Gasteiger partial charge in [0.1, 0.15) is 12.1 Å². The Morgan fingerprint density at radius 2 is 2.17 bits per heavy atom. The highest BCUT2D eigenvalue weighted by Gasteiger charge is 2.33. The van der Waals surface area contributed by atoms with Crippen LogP contribution in [0.1, 0.15) is 43.6 Å². The second kappa shape index (κ2) is 4.31. The number of sulfone groups is 1. The van der Waals surface area contributed by atoms with E-state index in [-0.39, 0.29) is 11.0 Å². The predicted octanol–water partition coefficient (Wildman–Crippen LogP) is 0.225. The summed E-state index contributed by atoms with van der Waals surface area (Å²) in [7, 11) is -2.95. The molecule has 18 heavy (non-hydrogen) atoms. The molecule has 0 radical (unpaired) electrons. The van der Waals surface area contributed by atoms with Crippen LogP contribution in [-0.2, 0) is 22.7 Å². The Bertz CT molecular complexity index is 552. The van der Waals surface area contributed by atoms with E-state index >= 15 is 0 Å². The zero-order chi connectivity index (χ0) is 12.8. The highest BCUT2D eigenvalue weighted by Crippen LogP contribution is 2.25. The van der Waals surface area contributed by atoms with E-state index in [2.05, 4.69) is 10.1 Å². The molecule has 0 bridgehead atoms. The van der Waals surface area contributed by atoms with Crippen molar-refractivity contribution in [3.05, 3.63) is 11.6 Å². The van der Waals surface area contributed by atoms with Crippen molar-refractivity contribution in [2.45, 2.75) is 50.0 Å². The van der Waals surface area contributed by atoms with Crippen LogP contribution in [0.3, 0.4) is 0 Å². The van der Waals surface area contributed by atoms with E-state index in [1.165, 1.54) is 0 Å². The molecule has 0 spiro atoms. The first-order valence-corrected chi connectivity index (χ1v) is 8.12. The van der Waals surface area contributed by atoms with E-state index in [1.807, 2.05) is 0 Å². The van der Waals surface area contributed by atoms with Crippen LogP contribution in [0.2, 0.25) is 0 Å². The molecule has 0 saturated carbocycles. The van der Waals surface area contributed by atoms with Crippen LogP contribution in [0.25, 0.3) is 0 Å². The van der Waals surface area contributed by atoms with E-state index in [4.69, 9.17) is 0 Å². The van der Waals surface area contributed by atoms with Gasteiger partial charge in [0.15, 0.2) is 15.7 Å². The molecule has 6 nitrogen and oxygen atoms in total. The Morgan fingerprint density at radius 1 is 1.33 bits per heavy atom. The summed E-state index contributed by atoms with van der Waals surface area (Å²) >= 11 is 0. The van der Waals surface area contributed by atoms with Crippen LogP contribution >= 0.6 is 0 Å². The van der Waals surface area contributed by atoms with Gasteiger partial charge in [-0.2, -0.15) is 5.10 Å². The van der Waals surface area contributed by atoms with Crippen molar-refractivity contribution in [2.75, 3.05) is 5.75 Å². The van der Waals surface area contributed by atoms with Gasteiger partial charge in [0.25, 0.3) is 0 Å². The quantitative estimate of drug-likeness (QED) is 0.832. The van der Waals surface area contributed by atoms with E-state index < -0.39 is 16.1 Å². The van der Waals surface area contributed by atoms with Gasteiger partial charge >= 0.3 is 0 Å². The number of hydrogen-bond donors (Lipinski definition) is 1. The summed E-state index contributed by atoms with van der Waals surface area (Å²) in [5, 5.41) is 13.7.